The zero-order valence-electron chi connectivity index (χ0n) is 49.3. The maximum absolute atomic E-state index is 2.55. The highest BCUT2D eigenvalue weighted by molar-refractivity contribution is 6.02. The number of anilines is 6. The maximum Gasteiger partial charge on any atom is 0.0726 e. The number of hydrogen-bond donors (Lipinski definition) is 0. The van der Waals surface area contributed by atoms with Crippen LogP contribution in [-0.4, -0.2) is 0 Å². The number of allylic oxidation sites excluding steroid dienone is 6. The predicted molar refractivity (Wildman–Crippen MR) is 369 cm³/mol. The van der Waals surface area contributed by atoms with Crippen molar-refractivity contribution in [1.29, 1.82) is 0 Å². The summed E-state index contributed by atoms with van der Waals surface area (Å²) in [5.74, 6) is 0. The van der Waals surface area contributed by atoms with Gasteiger partial charge in [0.05, 0.1) is 10.8 Å². The highest BCUT2D eigenvalue weighted by Gasteiger charge is 2.54. The number of rotatable bonds is 10. The first-order valence-electron chi connectivity index (χ1n) is 31.1. The molecule has 0 saturated carbocycles. The third kappa shape index (κ3) is 7.61. The van der Waals surface area contributed by atoms with E-state index < -0.39 is 10.8 Å². The second kappa shape index (κ2) is 20.4. The topological polar surface area (TPSA) is 6.48 Å². The van der Waals surface area contributed by atoms with Gasteiger partial charge in [0.1, 0.15) is 0 Å². The van der Waals surface area contributed by atoms with Crippen molar-refractivity contribution in [3.63, 3.8) is 0 Å². The lowest BCUT2D eigenvalue weighted by molar-refractivity contribution is 0.782. The zero-order valence-corrected chi connectivity index (χ0v) is 49.3. The van der Waals surface area contributed by atoms with E-state index in [4.69, 9.17) is 0 Å². The first kappa shape index (κ1) is 51.6. The predicted octanol–water partition coefficient (Wildman–Crippen LogP) is 22.8. The van der Waals surface area contributed by atoms with Crippen molar-refractivity contribution in [2.24, 2.45) is 0 Å². The summed E-state index contributed by atoms with van der Waals surface area (Å²) in [6, 6.07) is 106. The van der Waals surface area contributed by atoms with Crippen LogP contribution in [-0.2, 0) is 10.8 Å². The standard InChI is InChI=1S/C86H62N2/c1-3-22-57-24-17-26-59(50-57)61-28-19-30-63(52-61)87(67-46-48-75-73-38-9-15-44-81(73)85(83(75)55-67)77-40-11-5-34-69(77)70-35-6-12-41-78(70)85)65-32-21-33-66(54-65)88(64-31-20-29-62(53-64)60-27-18-25-58(51-60)23-4-2)68-47-49-76-74-39-10-16-45-82(74)86(84(76)56-68)79-42-13-7-36-71(79)72-37-8-14-43-80(72)86/h3-9,11-15,17-56H,10,16H2,1-2H3/b22-3-,23-4-. The van der Waals surface area contributed by atoms with Crippen LogP contribution >= 0.6 is 0 Å². The molecule has 0 unspecified atom stereocenters. The van der Waals surface area contributed by atoms with Gasteiger partial charge in [-0.25, -0.2) is 0 Å². The van der Waals surface area contributed by atoms with Crippen LogP contribution in [0.2, 0.25) is 0 Å². The highest BCUT2D eigenvalue weighted by Crippen LogP contribution is 2.66. The molecule has 0 atom stereocenters. The molecular formula is C86H62N2. The Balaban J connectivity index is 0.898. The molecule has 0 heterocycles. The van der Waals surface area contributed by atoms with Gasteiger partial charge in [0.2, 0.25) is 0 Å². The molecule has 0 amide bonds. The average molecular weight is 1120 g/mol. The molecule has 416 valence electrons. The van der Waals surface area contributed by atoms with E-state index in [1.165, 1.54) is 111 Å². The Labute approximate surface area is 516 Å². The molecule has 2 heteroatoms. The number of fused-ring (bicyclic) bond motifs is 20. The van der Waals surface area contributed by atoms with Gasteiger partial charge in [-0.1, -0.05) is 237 Å². The summed E-state index contributed by atoms with van der Waals surface area (Å²) in [5.41, 5.74) is 33.7. The van der Waals surface area contributed by atoms with E-state index >= 15 is 0 Å². The minimum absolute atomic E-state index is 0.466. The smallest absolute Gasteiger partial charge is 0.0726 e. The van der Waals surface area contributed by atoms with Crippen molar-refractivity contribution in [2.75, 3.05) is 9.80 Å². The van der Waals surface area contributed by atoms with E-state index in [9.17, 15) is 0 Å². The van der Waals surface area contributed by atoms with E-state index in [1.54, 1.807) is 0 Å². The summed E-state index contributed by atoms with van der Waals surface area (Å²) < 4.78 is 0. The van der Waals surface area contributed by atoms with Gasteiger partial charge in [-0.3, -0.25) is 0 Å². The van der Waals surface area contributed by atoms with Gasteiger partial charge in [-0.05, 0) is 228 Å². The Morgan fingerprint density at radius 1 is 0.273 bits per heavy atom. The molecule has 2 nitrogen and oxygen atoms in total. The monoisotopic (exact) mass is 1120 g/mol. The van der Waals surface area contributed by atoms with Gasteiger partial charge >= 0.3 is 0 Å². The summed E-state index contributed by atoms with van der Waals surface area (Å²) in [4.78, 5) is 5.01. The van der Waals surface area contributed by atoms with Crippen LogP contribution in [0.3, 0.4) is 0 Å². The van der Waals surface area contributed by atoms with Gasteiger partial charge in [0.25, 0.3) is 0 Å². The molecular weight excluding hydrogens is 1060 g/mol. The van der Waals surface area contributed by atoms with Crippen molar-refractivity contribution >= 4 is 51.8 Å². The van der Waals surface area contributed by atoms with Crippen LogP contribution < -0.4 is 9.80 Å². The largest absolute Gasteiger partial charge is 0.310 e. The molecule has 0 bridgehead atoms. The summed E-state index contributed by atoms with van der Waals surface area (Å²) >= 11 is 0. The molecule has 5 aliphatic carbocycles. The molecule has 17 rings (SSSR count). The summed E-state index contributed by atoms with van der Waals surface area (Å²) in [7, 11) is 0. The Morgan fingerprint density at radius 3 is 1.07 bits per heavy atom. The number of nitrogens with zero attached hydrogens (tertiary/aromatic N) is 2. The summed E-state index contributed by atoms with van der Waals surface area (Å²) in [6.07, 6.45) is 15.7. The average Bonchev–Trinajstić information content (AvgIpc) is 1.55. The fraction of sp³-hybridized carbons (Fsp3) is 0.0698. The third-order valence-electron chi connectivity index (χ3n) is 19.4. The lowest BCUT2D eigenvalue weighted by Crippen LogP contribution is -2.26. The highest BCUT2D eigenvalue weighted by atomic mass is 15.2. The molecule has 88 heavy (non-hydrogen) atoms. The van der Waals surface area contributed by atoms with Crippen LogP contribution in [0.4, 0.5) is 34.1 Å². The normalized spacial score (nSPS) is 14.6. The zero-order chi connectivity index (χ0) is 58.5. The quantitative estimate of drug-likeness (QED) is 0.135. The number of benzene rings is 12. The first-order chi connectivity index (χ1) is 43.5. The van der Waals surface area contributed by atoms with Crippen LogP contribution in [0.5, 0.6) is 0 Å². The lowest BCUT2D eigenvalue weighted by Gasteiger charge is -2.33. The number of hydrogen-bond acceptors (Lipinski definition) is 2. The molecule has 2 spiro atoms. The molecule has 0 fully saturated rings. The summed E-state index contributed by atoms with van der Waals surface area (Å²) in [6.45, 7) is 4.17. The molecule has 12 aromatic rings. The van der Waals surface area contributed by atoms with Crippen molar-refractivity contribution < 1.29 is 0 Å². The van der Waals surface area contributed by atoms with Gasteiger partial charge < -0.3 is 9.80 Å². The third-order valence-corrected chi connectivity index (χ3v) is 19.4. The van der Waals surface area contributed by atoms with Crippen molar-refractivity contribution in [2.45, 2.75) is 37.5 Å². The van der Waals surface area contributed by atoms with E-state index in [2.05, 4.69) is 339 Å². The maximum atomic E-state index is 2.55. The van der Waals surface area contributed by atoms with Crippen molar-refractivity contribution in [3.8, 4) is 55.6 Å². The van der Waals surface area contributed by atoms with Gasteiger partial charge in [0.15, 0.2) is 0 Å². The molecule has 0 aliphatic heterocycles. The van der Waals surface area contributed by atoms with Crippen LogP contribution in [0.15, 0.2) is 309 Å². The molecule has 0 aromatic heterocycles. The lowest BCUT2D eigenvalue weighted by atomic mass is 9.69. The van der Waals surface area contributed by atoms with Crippen molar-refractivity contribution in [1.82, 2.24) is 0 Å². The van der Waals surface area contributed by atoms with Crippen LogP contribution in [0, 0.1) is 0 Å². The fourth-order valence-corrected chi connectivity index (χ4v) is 16.0. The SMILES string of the molecule is C/C=C\c1cccc(-c2cccc(N(c3cccc(N(c4cccc(-c5cccc(/C=C\C)c5)c4)c4ccc5c(c4)C4(c6ccccc6-c6ccccc64)c4ccccc4-5)c3)c3ccc4c(c3)C3(C5=CCCC=C54)c4ccccc4-c4ccccc43)c2)c1. The van der Waals surface area contributed by atoms with Crippen LogP contribution in [0.1, 0.15) is 82.3 Å². The van der Waals surface area contributed by atoms with E-state index in [-0.39, 0.29) is 0 Å². The Morgan fingerprint density at radius 2 is 0.614 bits per heavy atom. The van der Waals surface area contributed by atoms with Crippen LogP contribution in [0.25, 0.3) is 73.4 Å². The van der Waals surface area contributed by atoms with E-state index in [0.717, 1.165) is 58.1 Å². The Kier molecular flexibility index (Phi) is 12.0. The van der Waals surface area contributed by atoms with Crippen molar-refractivity contribution in [3.05, 3.63) is 365 Å². The fourth-order valence-electron chi connectivity index (χ4n) is 16.0. The van der Waals surface area contributed by atoms with E-state index in [1.807, 2.05) is 0 Å². The van der Waals surface area contributed by atoms with Gasteiger partial charge in [-0.15, -0.1) is 0 Å². The Hall–Kier alpha value is -10.8. The molecule has 5 aliphatic rings. The second-order valence-corrected chi connectivity index (χ2v) is 24.0. The molecule has 0 saturated heterocycles. The van der Waals surface area contributed by atoms with Gasteiger partial charge in [-0.2, -0.15) is 0 Å². The molecule has 12 aromatic carbocycles. The van der Waals surface area contributed by atoms with E-state index in [0.29, 0.717) is 0 Å². The first-order valence-corrected chi connectivity index (χ1v) is 31.1. The summed E-state index contributed by atoms with van der Waals surface area (Å²) in [5, 5.41) is 0. The Bertz CT molecular complexity index is 4870. The minimum atomic E-state index is -0.513. The minimum Gasteiger partial charge on any atom is -0.310 e. The van der Waals surface area contributed by atoms with Gasteiger partial charge in [0, 0.05) is 34.1 Å². The molecule has 0 N–H and O–H groups in total. The molecule has 0 radical (unpaired) electrons. The second-order valence-electron chi connectivity index (χ2n) is 24.0.